The summed E-state index contributed by atoms with van der Waals surface area (Å²) in [5.41, 5.74) is 0. The summed E-state index contributed by atoms with van der Waals surface area (Å²) in [6.07, 6.45) is 9.71. The minimum absolute atomic E-state index is 0.385. The van der Waals surface area contributed by atoms with Gasteiger partial charge in [0.25, 0.3) is 0 Å². The Labute approximate surface area is 135 Å². The smallest absolute Gasteiger partial charge is 0.224 e. The van der Waals surface area contributed by atoms with Crippen LogP contribution < -0.4 is 5.32 Å². The van der Waals surface area contributed by atoms with Crippen molar-refractivity contribution in [3.8, 4) is 0 Å². The molecule has 3 fully saturated rings. The molecule has 3 unspecified atom stereocenters. The second-order valence-electron chi connectivity index (χ2n) is 7.69. The number of piperidine rings is 2. The minimum atomic E-state index is 0.385. The lowest BCUT2D eigenvalue weighted by molar-refractivity contribution is -0.133. The number of nitrogens with zero attached hydrogens (tertiary/aromatic N) is 2. The molecular formula is C18H33N3O. The number of rotatable bonds is 4. The molecule has 22 heavy (non-hydrogen) atoms. The second-order valence-corrected chi connectivity index (χ2v) is 7.69. The first-order valence-electron chi connectivity index (χ1n) is 9.47. The van der Waals surface area contributed by atoms with Crippen molar-refractivity contribution in [3.05, 3.63) is 0 Å². The van der Waals surface area contributed by atoms with Crippen LogP contribution in [0, 0.1) is 5.92 Å². The van der Waals surface area contributed by atoms with Gasteiger partial charge in [0, 0.05) is 38.1 Å². The maximum atomic E-state index is 12.5. The third-order valence-corrected chi connectivity index (χ3v) is 5.89. The van der Waals surface area contributed by atoms with E-state index in [1.54, 1.807) is 0 Å². The number of nitrogens with one attached hydrogen (secondary N) is 1. The fraction of sp³-hybridized carbons (Fsp3) is 0.944. The predicted molar refractivity (Wildman–Crippen MR) is 89.8 cm³/mol. The van der Waals surface area contributed by atoms with E-state index < -0.39 is 0 Å². The van der Waals surface area contributed by atoms with Crippen molar-refractivity contribution in [1.82, 2.24) is 15.1 Å². The van der Waals surface area contributed by atoms with Gasteiger partial charge in [-0.25, -0.2) is 0 Å². The summed E-state index contributed by atoms with van der Waals surface area (Å²) in [7, 11) is 0. The number of hydrogen-bond acceptors (Lipinski definition) is 3. The maximum absolute atomic E-state index is 12.5. The quantitative estimate of drug-likeness (QED) is 0.865. The molecule has 3 rings (SSSR count). The molecule has 0 radical (unpaired) electrons. The molecule has 3 atom stereocenters. The van der Waals surface area contributed by atoms with Crippen molar-refractivity contribution < 1.29 is 4.79 Å². The normalized spacial score (nSPS) is 34.0. The van der Waals surface area contributed by atoms with Crippen LogP contribution in [0.25, 0.3) is 0 Å². The molecule has 1 N–H and O–H groups in total. The Morgan fingerprint density at radius 2 is 2.00 bits per heavy atom. The van der Waals surface area contributed by atoms with Gasteiger partial charge in [-0.3, -0.25) is 4.79 Å². The number of carbonyl (C=O) groups is 1. The van der Waals surface area contributed by atoms with E-state index in [4.69, 9.17) is 0 Å². The topological polar surface area (TPSA) is 35.6 Å². The van der Waals surface area contributed by atoms with E-state index in [1.165, 1.54) is 58.0 Å². The van der Waals surface area contributed by atoms with Crippen LogP contribution in [0.3, 0.4) is 0 Å². The van der Waals surface area contributed by atoms with Gasteiger partial charge in [-0.05, 0) is 64.5 Å². The Morgan fingerprint density at radius 1 is 1.09 bits per heavy atom. The molecule has 0 aromatic heterocycles. The van der Waals surface area contributed by atoms with Gasteiger partial charge < -0.3 is 15.1 Å². The molecule has 126 valence electrons. The van der Waals surface area contributed by atoms with Crippen LogP contribution in [-0.4, -0.2) is 60.5 Å². The molecule has 0 spiro atoms. The molecule has 0 aliphatic carbocycles. The summed E-state index contributed by atoms with van der Waals surface area (Å²) in [6.45, 7) is 7.90. The third kappa shape index (κ3) is 4.23. The summed E-state index contributed by atoms with van der Waals surface area (Å²) in [4.78, 5) is 17.4. The first-order chi connectivity index (χ1) is 10.7. The van der Waals surface area contributed by atoms with Crippen LogP contribution in [0.4, 0.5) is 0 Å². The Balaban J connectivity index is 1.47. The second kappa shape index (κ2) is 7.78. The largest absolute Gasteiger partial charge is 0.342 e. The SMILES string of the molecule is CC1CCCCN1CC1CCCN(C(=O)CC2CCCN2)C1. The van der Waals surface area contributed by atoms with Crippen molar-refractivity contribution in [2.75, 3.05) is 32.7 Å². The van der Waals surface area contributed by atoms with Crippen LogP contribution in [-0.2, 0) is 4.79 Å². The Kier molecular flexibility index (Phi) is 5.75. The van der Waals surface area contributed by atoms with Gasteiger partial charge in [-0.2, -0.15) is 0 Å². The highest BCUT2D eigenvalue weighted by atomic mass is 16.2. The Morgan fingerprint density at radius 3 is 2.77 bits per heavy atom. The van der Waals surface area contributed by atoms with Gasteiger partial charge in [0.1, 0.15) is 0 Å². The standard InChI is InChI=1S/C18H33N3O/c1-15-6-2-3-10-20(15)13-16-7-5-11-21(14-16)18(22)12-17-8-4-9-19-17/h15-17,19H,2-14H2,1H3. The zero-order valence-electron chi connectivity index (χ0n) is 14.2. The van der Waals surface area contributed by atoms with E-state index in [-0.39, 0.29) is 0 Å². The van der Waals surface area contributed by atoms with Crippen LogP contribution in [0.15, 0.2) is 0 Å². The molecule has 3 aliphatic heterocycles. The van der Waals surface area contributed by atoms with Crippen LogP contribution in [0.2, 0.25) is 0 Å². The fourth-order valence-corrected chi connectivity index (χ4v) is 4.47. The van der Waals surface area contributed by atoms with Crippen molar-refractivity contribution in [2.45, 2.75) is 70.4 Å². The zero-order valence-corrected chi connectivity index (χ0v) is 14.2. The molecule has 0 aromatic carbocycles. The van der Waals surface area contributed by atoms with E-state index in [9.17, 15) is 4.79 Å². The van der Waals surface area contributed by atoms with Gasteiger partial charge in [-0.1, -0.05) is 6.42 Å². The predicted octanol–water partition coefficient (Wildman–Crippen LogP) is 2.24. The summed E-state index contributed by atoms with van der Waals surface area (Å²) >= 11 is 0. The van der Waals surface area contributed by atoms with E-state index in [0.29, 0.717) is 24.3 Å². The fourth-order valence-electron chi connectivity index (χ4n) is 4.47. The van der Waals surface area contributed by atoms with E-state index >= 15 is 0 Å². The average molecular weight is 307 g/mol. The van der Waals surface area contributed by atoms with E-state index in [1.807, 2.05) is 0 Å². The van der Waals surface area contributed by atoms with Crippen LogP contribution in [0.5, 0.6) is 0 Å². The molecule has 3 heterocycles. The summed E-state index contributed by atoms with van der Waals surface area (Å²) in [5, 5.41) is 3.45. The third-order valence-electron chi connectivity index (χ3n) is 5.89. The highest BCUT2D eigenvalue weighted by molar-refractivity contribution is 5.77. The highest BCUT2D eigenvalue weighted by Gasteiger charge is 2.29. The summed E-state index contributed by atoms with van der Waals surface area (Å²) in [5.74, 6) is 1.07. The van der Waals surface area contributed by atoms with Crippen molar-refractivity contribution in [3.63, 3.8) is 0 Å². The number of likely N-dealkylation sites (tertiary alicyclic amines) is 2. The first kappa shape index (κ1) is 16.3. The van der Waals surface area contributed by atoms with Gasteiger partial charge in [0.2, 0.25) is 5.91 Å². The number of carbonyl (C=O) groups excluding carboxylic acids is 1. The van der Waals surface area contributed by atoms with E-state index in [0.717, 1.165) is 25.7 Å². The van der Waals surface area contributed by atoms with Gasteiger partial charge >= 0.3 is 0 Å². The lowest BCUT2D eigenvalue weighted by Crippen LogP contribution is -2.47. The van der Waals surface area contributed by atoms with Crippen LogP contribution in [0.1, 0.15) is 58.3 Å². The minimum Gasteiger partial charge on any atom is -0.342 e. The highest BCUT2D eigenvalue weighted by Crippen LogP contribution is 2.23. The van der Waals surface area contributed by atoms with Gasteiger partial charge in [0.15, 0.2) is 0 Å². The maximum Gasteiger partial charge on any atom is 0.224 e. The van der Waals surface area contributed by atoms with Crippen molar-refractivity contribution in [1.29, 1.82) is 0 Å². The Bertz CT molecular complexity index is 367. The van der Waals surface area contributed by atoms with Gasteiger partial charge in [-0.15, -0.1) is 0 Å². The lowest BCUT2D eigenvalue weighted by Gasteiger charge is -2.39. The molecule has 3 saturated heterocycles. The first-order valence-corrected chi connectivity index (χ1v) is 9.47. The molecule has 0 saturated carbocycles. The molecule has 4 nitrogen and oxygen atoms in total. The molecular weight excluding hydrogens is 274 g/mol. The molecule has 0 bridgehead atoms. The van der Waals surface area contributed by atoms with Crippen molar-refractivity contribution >= 4 is 5.91 Å². The summed E-state index contributed by atoms with van der Waals surface area (Å²) < 4.78 is 0. The summed E-state index contributed by atoms with van der Waals surface area (Å²) in [6, 6.07) is 1.18. The number of amides is 1. The van der Waals surface area contributed by atoms with E-state index in [2.05, 4.69) is 22.0 Å². The molecule has 0 aromatic rings. The van der Waals surface area contributed by atoms with Crippen molar-refractivity contribution in [2.24, 2.45) is 5.92 Å². The number of hydrogen-bond donors (Lipinski definition) is 1. The average Bonchev–Trinajstić information content (AvgIpc) is 3.03. The molecule has 1 amide bonds. The monoisotopic (exact) mass is 307 g/mol. The van der Waals surface area contributed by atoms with Crippen LogP contribution >= 0.6 is 0 Å². The Hall–Kier alpha value is -0.610. The molecule has 4 heteroatoms. The lowest BCUT2D eigenvalue weighted by atomic mass is 9.94. The van der Waals surface area contributed by atoms with Gasteiger partial charge in [0.05, 0.1) is 0 Å². The zero-order chi connectivity index (χ0) is 15.4. The molecule has 3 aliphatic rings.